The monoisotopic (exact) mass is 392 g/mol. The molecule has 1 N–H and O–H groups in total. The van der Waals surface area contributed by atoms with Gasteiger partial charge in [-0.05, 0) is 35.4 Å². The lowest BCUT2D eigenvalue weighted by atomic mass is 9.84. The molecule has 0 saturated carbocycles. The van der Waals surface area contributed by atoms with Crippen LogP contribution in [-0.4, -0.2) is 29.2 Å². The molecule has 1 aliphatic rings. The van der Waals surface area contributed by atoms with Gasteiger partial charge in [0, 0.05) is 5.56 Å². The molecule has 1 atom stereocenters. The number of rotatable bonds is 5. The van der Waals surface area contributed by atoms with Crippen molar-refractivity contribution in [3.05, 3.63) is 70.8 Å². The van der Waals surface area contributed by atoms with E-state index in [-0.39, 0.29) is 17.7 Å². The Morgan fingerprint density at radius 1 is 1.00 bits per heavy atom. The average Bonchev–Trinajstić information content (AvgIpc) is 2.91. The fourth-order valence-corrected chi connectivity index (χ4v) is 3.50. The second kappa shape index (κ2) is 7.47. The normalized spacial score (nSPS) is 19.4. The van der Waals surface area contributed by atoms with Gasteiger partial charge in [-0.1, -0.05) is 76.2 Å². The van der Waals surface area contributed by atoms with Crippen molar-refractivity contribution in [3.63, 3.8) is 0 Å². The van der Waals surface area contributed by atoms with Gasteiger partial charge in [0.25, 0.3) is 5.91 Å². The lowest BCUT2D eigenvalue weighted by Gasteiger charge is -2.24. The third-order valence-corrected chi connectivity index (χ3v) is 5.59. The molecule has 2 aromatic carbocycles. The van der Waals surface area contributed by atoms with E-state index in [0.29, 0.717) is 11.1 Å². The molecular weight excluding hydrogens is 364 g/mol. The summed E-state index contributed by atoms with van der Waals surface area (Å²) in [6, 6.07) is 14.4. The Balaban J connectivity index is 1.80. The molecule has 1 fully saturated rings. The number of amides is 3. The number of hydrogen-bond donors (Lipinski definition) is 1. The fourth-order valence-electron chi connectivity index (χ4n) is 3.50. The smallest absolute Gasteiger partial charge is 0.319 e. The Morgan fingerprint density at radius 2 is 1.59 bits per heavy atom. The van der Waals surface area contributed by atoms with E-state index < -0.39 is 17.5 Å². The van der Waals surface area contributed by atoms with E-state index in [9.17, 15) is 14.4 Å². The first-order valence-corrected chi connectivity index (χ1v) is 9.93. The maximum atomic E-state index is 13.1. The number of aryl methyl sites for hydroxylation is 1. The molecular formula is C24H28N2O3. The highest BCUT2D eigenvalue weighted by molar-refractivity contribution is 6.11. The van der Waals surface area contributed by atoms with Crippen LogP contribution in [0.2, 0.25) is 0 Å². The quantitative estimate of drug-likeness (QED) is 0.613. The molecule has 2 aromatic rings. The fraction of sp³-hybridized carbons (Fsp3) is 0.375. The van der Waals surface area contributed by atoms with Crippen LogP contribution in [0, 0.1) is 0 Å². The summed E-state index contributed by atoms with van der Waals surface area (Å²) in [6.45, 7) is 9.80. The molecule has 152 valence electrons. The molecule has 0 aliphatic carbocycles. The third kappa shape index (κ3) is 3.95. The number of carbonyl (C=O) groups is 3. The SMILES string of the molecule is CCc1ccc(C(=O)CN2C(=O)NC(C)(c3ccc(C(C)(C)C)cc3)C2=O)cc1. The van der Waals surface area contributed by atoms with Crippen LogP contribution in [0.15, 0.2) is 48.5 Å². The van der Waals surface area contributed by atoms with Crippen molar-refractivity contribution in [1.29, 1.82) is 0 Å². The van der Waals surface area contributed by atoms with Crippen molar-refractivity contribution in [2.75, 3.05) is 6.54 Å². The summed E-state index contributed by atoms with van der Waals surface area (Å²) < 4.78 is 0. The number of benzene rings is 2. The topological polar surface area (TPSA) is 66.5 Å². The van der Waals surface area contributed by atoms with Crippen molar-refractivity contribution < 1.29 is 14.4 Å². The highest BCUT2D eigenvalue weighted by atomic mass is 16.2. The van der Waals surface area contributed by atoms with Gasteiger partial charge in [-0.25, -0.2) is 4.79 Å². The number of ketones is 1. The van der Waals surface area contributed by atoms with Crippen LogP contribution >= 0.6 is 0 Å². The molecule has 1 saturated heterocycles. The first-order chi connectivity index (χ1) is 13.6. The Bertz CT molecular complexity index is 940. The highest BCUT2D eigenvalue weighted by Crippen LogP contribution is 2.31. The minimum absolute atomic E-state index is 0.00581. The van der Waals surface area contributed by atoms with Gasteiger partial charge in [0.05, 0.1) is 6.54 Å². The van der Waals surface area contributed by atoms with Gasteiger partial charge < -0.3 is 5.32 Å². The van der Waals surface area contributed by atoms with E-state index in [0.717, 1.165) is 22.4 Å². The summed E-state index contributed by atoms with van der Waals surface area (Å²) in [5.74, 6) is -0.673. The molecule has 3 rings (SSSR count). The molecule has 0 radical (unpaired) electrons. The van der Waals surface area contributed by atoms with Crippen molar-refractivity contribution >= 4 is 17.7 Å². The maximum Gasteiger partial charge on any atom is 0.325 e. The van der Waals surface area contributed by atoms with Crippen molar-refractivity contribution in [1.82, 2.24) is 10.2 Å². The zero-order valence-corrected chi connectivity index (χ0v) is 17.7. The minimum atomic E-state index is -1.18. The van der Waals surface area contributed by atoms with Crippen molar-refractivity contribution in [2.24, 2.45) is 0 Å². The van der Waals surface area contributed by atoms with Gasteiger partial charge >= 0.3 is 6.03 Å². The van der Waals surface area contributed by atoms with E-state index in [1.165, 1.54) is 0 Å². The van der Waals surface area contributed by atoms with E-state index in [4.69, 9.17) is 0 Å². The van der Waals surface area contributed by atoms with Crippen LogP contribution in [0.3, 0.4) is 0 Å². The van der Waals surface area contributed by atoms with E-state index >= 15 is 0 Å². The van der Waals surface area contributed by atoms with Gasteiger partial charge in [0.15, 0.2) is 5.78 Å². The van der Waals surface area contributed by atoms with Gasteiger partial charge in [-0.3, -0.25) is 14.5 Å². The Kier molecular flexibility index (Phi) is 5.35. The molecule has 0 aromatic heterocycles. The van der Waals surface area contributed by atoms with E-state index in [2.05, 4.69) is 26.1 Å². The van der Waals surface area contributed by atoms with Crippen LogP contribution in [0.1, 0.15) is 61.7 Å². The molecule has 0 bridgehead atoms. The lowest BCUT2D eigenvalue weighted by molar-refractivity contribution is -0.130. The van der Waals surface area contributed by atoms with Crippen molar-refractivity contribution in [3.8, 4) is 0 Å². The summed E-state index contributed by atoms with van der Waals surface area (Å²) in [4.78, 5) is 39.2. The highest BCUT2D eigenvalue weighted by Gasteiger charge is 2.49. The maximum absolute atomic E-state index is 13.1. The molecule has 29 heavy (non-hydrogen) atoms. The van der Waals surface area contributed by atoms with Gasteiger partial charge in [0.2, 0.25) is 0 Å². The predicted octanol–water partition coefficient (Wildman–Crippen LogP) is 4.20. The molecule has 3 amide bonds. The molecule has 5 heteroatoms. The summed E-state index contributed by atoms with van der Waals surface area (Å²) in [7, 11) is 0. The minimum Gasteiger partial charge on any atom is -0.319 e. The average molecular weight is 392 g/mol. The van der Waals surface area contributed by atoms with Crippen LogP contribution < -0.4 is 5.32 Å². The molecule has 1 heterocycles. The van der Waals surface area contributed by atoms with Crippen molar-refractivity contribution in [2.45, 2.75) is 52.0 Å². The zero-order valence-electron chi connectivity index (χ0n) is 17.7. The zero-order chi connectivity index (χ0) is 21.4. The number of urea groups is 1. The predicted molar refractivity (Wildman–Crippen MR) is 113 cm³/mol. The number of Topliss-reactive ketones (excluding diaryl/α,β-unsaturated/α-hetero) is 1. The number of nitrogens with one attached hydrogen (secondary N) is 1. The molecule has 0 spiro atoms. The van der Waals surface area contributed by atoms with Gasteiger partial charge in [0.1, 0.15) is 5.54 Å². The number of hydrogen-bond acceptors (Lipinski definition) is 3. The lowest BCUT2D eigenvalue weighted by Crippen LogP contribution is -2.41. The molecule has 1 unspecified atom stereocenters. The second-order valence-electron chi connectivity index (χ2n) is 8.75. The van der Waals surface area contributed by atoms with E-state index in [1.54, 1.807) is 19.1 Å². The first kappa shape index (κ1) is 20.8. The third-order valence-electron chi connectivity index (χ3n) is 5.59. The largest absolute Gasteiger partial charge is 0.325 e. The number of nitrogens with zero attached hydrogens (tertiary/aromatic N) is 1. The van der Waals surface area contributed by atoms with Crippen LogP contribution in [0.4, 0.5) is 4.79 Å². The second-order valence-corrected chi connectivity index (χ2v) is 8.75. The van der Waals surface area contributed by atoms with Crippen LogP contribution in [0.5, 0.6) is 0 Å². The Labute approximate surface area is 172 Å². The Morgan fingerprint density at radius 3 is 2.10 bits per heavy atom. The summed E-state index contributed by atoms with van der Waals surface area (Å²) in [5.41, 5.74) is 2.28. The van der Waals surface area contributed by atoms with Crippen LogP contribution in [0.25, 0.3) is 0 Å². The number of carbonyl (C=O) groups excluding carboxylic acids is 3. The molecule has 5 nitrogen and oxygen atoms in total. The molecule has 1 aliphatic heterocycles. The first-order valence-electron chi connectivity index (χ1n) is 9.93. The number of imide groups is 1. The standard InChI is InChI=1S/C24H28N2O3/c1-6-16-7-9-17(10-8-16)20(27)15-26-21(28)24(5,25-22(26)29)19-13-11-18(12-14-19)23(2,3)4/h7-14H,6,15H2,1-5H3,(H,25,29). The summed E-state index contributed by atoms with van der Waals surface area (Å²) in [6.07, 6.45) is 0.883. The summed E-state index contributed by atoms with van der Waals surface area (Å²) >= 11 is 0. The van der Waals surface area contributed by atoms with Crippen LogP contribution in [-0.2, 0) is 22.2 Å². The van der Waals surface area contributed by atoms with E-state index in [1.807, 2.05) is 43.3 Å². The van der Waals surface area contributed by atoms with Gasteiger partial charge in [-0.15, -0.1) is 0 Å². The Hall–Kier alpha value is -2.95. The summed E-state index contributed by atoms with van der Waals surface area (Å²) in [5, 5.41) is 2.76. The van der Waals surface area contributed by atoms with Gasteiger partial charge in [-0.2, -0.15) is 0 Å².